The Kier molecular flexibility index (Phi) is 5.87. The van der Waals surface area contributed by atoms with Crippen molar-refractivity contribution in [2.75, 3.05) is 19.6 Å². The van der Waals surface area contributed by atoms with Gasteiger partial charge >= 0.3 is 0 Å². The van der Waals surface area contributed by atoms with Crippen molar-refractivity contribution in [3.8, 4) is 0 Å². The predicted molar refractivity (Wildman–Crippen MR) is 84.2 cm³/mol. The zero-order chi connectivity index (χ0) is 14.5. The van der Waals surface area contributed by atoms with E-state index in [9.17, 15) is 0 Å². The molecule has 2 heterocycles. The van der Waals surface area contributed by atoms with Crippen molar-refractivity contribution in [2.45, 2.75) is 52.1 Å². The van der Waals surface area contributed by atoms with Gasteiger partial charge in [-0.2, -0.15) is 5.10 Å². The number of likely N-dealkylation sites (tertiary alicyclic amines) is 1. The molecule has 0 atom stereocenters. The third-order valence-electron chi connectivity index (χ3n) is 4.19. The average Bonchev–Trinajstić information content (AvgIpc) is 2.73. The van der Waals surface area contributed by atoms with Crippen LogP contribution in [0.25, 0.3) is 0 Å². The first-order valence-corrected chi connectivity index (χ1v) is 8.19. The van der Waals surface area contributed by atoms with Gasteiger partial charge in [-0.25, -0.2) is 0 Å². The lowest BCUT2D eigenvalue weighted by Gasteiger charge is -2.32. The van der Waals surface area contributed by atoms with E-state index in [1.165, 1.54) is 38.9 Å². The molecular weight excluding hydrogens is 272 g/mol. The van der Waals surface area contributed by atoms with Crippen LogP contribution in [0.15, 0.2) is 0 Å². The second-order valence-corrected chi connectivity index (χ2v) is 6.06. The van der Waals surface area contributed by atoms with Gasteiger partial charge in [0.15, 0.2) is 0 Å². The lowest BCUT2D eigenvalue weighted by Crippen LogP contribution is -2.42. The average molecular weight is 299 g/mol. The topological polar surface area (TPSA) is 33.1 Å². The summed E-state index contributed by atoms with van der Waals surface area (Å²) in [6.07, 6.45) is 4.61. The van der Waals surface area contributed by atoms with Gasteiger partial charge in [0.25, 0.3) is 0 Å². The van der Waals surface area contributed by atoms with Crippen LogP contribution < -0.4 is 5.32 Å². The number of aryl methyl sites for hydroxylation is 2. The Morgan fingerprint density at radius 1 is 1.30 bits per heavy atom. The van der Waals surface area contributed by atoms with E-state index < -0.39 is 0 Å². The van der Waals surface area contributed by atoms with Crippen molar-refractivity contribution in [1.29, 1.82) is 0 Å². The van der Waals surface area contributed by atoms with Gasteiger partial charge in [-0.3, -0.25) is 4.68 Å². The van der Waals surface area contributed by atoms with Gasteiger partial charge < -0.3 is 10.2 Å². The molecule has 1 saturated heterocycles. The normalized spacial score (nSPS) is 17.8. The van der Waals surface area contributed by atoms with Crippen molar-refractivity contribution in [1.82, 2.24) is 20.0 Å². The molecule has 0 saturated carbocycles. The molecule has 1 aliphatic rings. The predicted octanol–water partition coefficient (Wildman–Crippen LogP) is 2.60. The van der Waals surface area contributed by atoms with Gasteiger partial charge in [0.2, 0.25) is 0 Å². The fraction of sp³-hybridized carbons (Fsp3) is 0.800. The molecule has 5 heteroatoms. The molecule has 114 valence electrons. The highest BCUT2D eigenvalue weighted by molar-refractivity contribution is 6.31. The Morgan fingerprint density at radius 3 is 2.55 bits per heavy atom. The molecule has 0 unspecified atom stereocenters. The Morgan fingerprint density at radius 2 is 2.00 bits per heavy atom. The van der Waals surface area contributed by atoms with Gasteiger partial charge in [0.1, 0.15) is 0 Å². The molecule has 2 rings (SSSR count). The minimum absolute atomic E-state index is 0.610. The van der Waals surface area contributed by atoms with Crippen molar-refractivity contribution < 1.29 is 0 Å². The zero-order valence-corrected chi connectivity index (χ0v) is 13.7. The highest BCUT2D eigenvalue weighted by atomic mass is 35.5. The van der Waals surface area contributed by atoms with Crippen LogP contribution in [0.1, 0.15) is 44.5 Å². The quantitative estimate of drug-likeness (QED) is 0.876. The monoisotopic (exact) mass is 298 g/mol. The molecular formula is C15H27ClN4. The summed E-state index contributed by atoms with van der Waals surface area (Å²) in [7, 11) is 1.98. The summed E-state index contributed by atoms with van der Waals surface area (Å²) in [5, 5.41) is 8.95. The molecule has 4 nitrogen and oxygen atoms in total. The number of nitrogens with one attached hydrogen (secondary N) is 1. The molecule has 0 bridgehead atoms. The summed E-state index contributed by atoms with van der Waals surface area (Å²) in [5.41, 5.74) is 2.11. The number of hydrogen-bond acceptors (Lipinski definition) is 3. The SMILES string of the molecule is CCCN1CCC(NCc2c(Cl)c(CC)nn2C)CC1. The third kappa shape index (κ3) is 3.74. The van der Waals surface area contributed by atoms with E-state index in [1.54, 1.807) is 0 Å². The maximum Gasteiger partial charge on any atom is 0.0863 e. The number of piperidine rings is 1. The van der Waals surface area contributed by atoms with Crippen LogP contribution in [0.2, 0.25) is 5.02 Å². The zero-order valence-electron chi connectivity index (χ0n) is 13.0. The van der Waals surface area contributed by atoms with Crippen LogP contribution in [-0.2, 0) is 20.0 Å². The van der Waals surface area contributed by atoms with Crippen LogP contribution >= 0.6 is 11.6 Å². The molecule has 0 radical (unpaired) electrons. The van der Waals surface area contributed by atoms with Crippen molar-refractivity contribution in [3.63, 3.8) is 0 Å². The number of halogens is 1. The van der Waals surface area contributed by atoms with E-state index in [0.29, 0.717) is 6.04 Å². The molecule has 1 aromatic heterocycles. The van der Waals surface area contributed by atoms with E-state index in [1.807, 2.05) is 11.7 Å². The Labute approximate surface area is 127 Å². The fourth-order valence-electron chi connectivity index (χ4n) is 2.93. The maximum absolute atomic E-state index is 6.38. The van der Waals surface area contributed by atoms with Crippen LogP contribution in [-0.4, -0.2) is 40.4 Å². The molecule has 1 aromatic rings. The summed E-state index contributed by atoms with van der Waals surface area (Å²) in [5.74, 6) is 0. The molecule has 20 heavy (non-hydrogen) atoms. The first-order valence-electron chi connectivity index (χ1n) is 7.81. The number of aromatic nitrogens is 2. The molecule has 1 fully saturated rings. The van der Waals surface area contributed by atoms with Crippen LogP contribution in [0.5, 0.6) is 0 Å². The fourth-order valence-corrected chi connectivity index (χ4v) is 3.29. The molecule has 0 aliphatic carbocycles. The molecule has 1 aliphatic heterocycles. The lowest BCUT2D eigenvalue weighted by atomic mass is 10.0. The minimum atomic E-state index is 0.610. The summed E-state index contributed by atoms with van der Waals surface area (Å²) in [4.78, 5) is 2.56. The number of hydrogen-bond donors (Lipinski definition) is 1. The lowest BCUT2D eigenvalue weighted by molar-refractivity contribution is 0.197. The minimum Gasteiger partial charge on any atom is -0.308 e. The van der Waals surface area contributed by atoms with E-state index in [2.05, 4.69) is 29.2 Å². The van der Waals surface area contributed by atoms with Gasteiger partial charge in [-0.05, 0) is 45.3 Å². The maximum atomic E-state index is 6.38. The highest BCUT2D eigenvalue weighted by Gasteiger charge is 2.19. The molecule has 0 spiro atoms. The van der Waals surface area contributed by atoms with Crippen molar-refractivity contribution in [2.24, 2.45) is 7.05 Å². The Bertz CT molecular complexity index is 422. The molecule has 1 N–H and O–H groups in total. The van der Waals surface area contributed by atoms with Crippen molar-refractivity contribution >= 4 is 11.6 Å². The molecule has 0 amide bonds. The number of nitrogens with zero attached hydrogens (tertiary/aromatic N) is 3. The summed E-state index contributed by atoms with van der Waals surface area (Å²) < 4.78 is 1.92. The van der Waals surface area contributed by atoms with E-state index >= 15 is 0 Å². The van der Waals surface area contributed by atoms with Crippen LogP contribution in [0, 0.1) is 0 Å². The van der Waals surface area contributed by atoms with Gasteiger partial charge in [-0.1, -0.05) is 25.4 Å². The third-order valence-corrected chi connectivity index (χ3v) is 4.62. The smallest absolute Gasteiger partial charge is 0.0863 e. The summed E-state index contributed by atoms with van der Waals surface area (Å²) >= 11 is 6.38. The standard InChI is InChI=1S/C15H27ClN4/c1-4-8-20-9-6-12(7-10-20)17-11-14-15(16)13(5-2)18-19(14)3/h12,17H,4-11H2,1-3H3. The first kappa shape index (κ1) is 15.8. The Balaban J connectivity index is 1.83. The van der Waals surface area contributed by atoms with E-state index in [0.717, 1.165) is 29.4 Å². The largest absolute Gasteiger partial charge is 0.308 e. The van der Waals surface area contributed by atoms with Crippen LogP contribution in [0.4, 0.5) is 0 Å². The first-order chi connectivity index (χ1) is 9.65. The van der Waals surface area contributed by atoms with E-state index in [4.69, 9.17) is 11.6 Å². The van der Waals surface area contributed by atoms with Gasteiger partial charge in [0, 0.05) is 19.6 Å². The highest BCUT2D eigenvalue weighted by Crippen LogP contribution is 2.21. The second kappa shape index (κ2) is 7.43. The second-order valence-electron chi connectivity index (χ2n) is 5.68. The van der Waals surface area contributed by atoms with Gasteiger partial charge in [0.05, 0.1) is 16.4 Å². The van der Waals surface area contributed by atoms with E-state index in [-0.39, 0.29) is 0 Å². The van der Waals surface area contributed by atoms with Crippen LogP contribution in [0.3, 0.4) is 0 Å². The molecule has 0 aromatic carbocycles. The summed E-state index contributed by atoms with van der Waals surface area (Å²) in [6, 6.07) is 0.610. The summed E-state index contributed by atoms with van der Waals surface area (Å²) in [6.45, 7) is 8.82. The van der Waals surface area contributed by atoms with Crippen molar-refractivity contribution in [3.05, 3.63) is 16.4 Å². The van der Waals surface area contributed by atoms with Gasteiger partial charge in [-0.15, -0.1) is 0 Å². The Hall–Kier alpha value is -0.580. The number of rotatable bonds is 6.